The predicted octanol–water partition coefficient (Wildman–Crippen LogP) is 0.0111. The van der Waals surface area contributed by atoms with Crippen molar-refractivity contribution < 1.29 is 14.6 Å². The lowest BCUT2D eigenvalue weighted by molar-refractivity contribution is -0.141. The molecule has 4 heteroatoms. The molecule has 0 aromatic carbocycles. The van der Waals surface area contributed by atoms with Gasteiger partial charge in [-0.25, -0.2) is 4.79 Å². The van der Waals surface area contributed by atoms with Crippen LogP contribution in [0.1, 0.15) is 6.92 Å². The molecule has 1 saturated heterocycles. The fraction of sp³-hybridized carbons (Fsp3) is 0.375. The van der Waals surface area contributed by atoms with E-state index in [1.54, 1.807) is 19.1 Å². The highest BCUT2D eigenvalue weighted by molar-refractivity contribution is 5.87. The lowest BCUT2D eigenvalue weighted by Crippen LogP contribution is -2.31. The van der Waals surface area contributed by atoms with Crippen molar-refractivity contribution in [1.82, 2.24) is 0 Å². The molecular formula is C8H9NO3. The van der Waals surface area contributed by atoms with Crippen molar-refractivity contribution in [3.05, 3.63) is 23.9 Å². The van der Waals surface area contributed by atoms with Crippen molar-refractivity contribution in [1.29, 1.82) is 0 Å². The van der Waals surface area contributed by atoms with E-state index < -0.39 is 17.2 Å². The zero-order valence-corrected chi connectivity index (χ0v) is 6.57. The maximum atomic E-state index is 10.8. The summed E-state index contributed by atoms with van der Waals surface area (Å²) in [5.74, 6) is -0.968. The van der Waals surface area contributed by atoms with E-state index in [9.17, 15) is 4.79 Å². The highest BCUT2D eigenvalue weighted by Crippen LogP contribution is 2.52. The number of hydrogen-bond donors (Lipinski definition) is 2. The lowest BCUT2D eigenvalue weighted by atomic mass is 9.89. The number of ether oxygens (including phenoxy) is 1. The Morgan fingerprint density at radius 2 is 2.42 bits per heavy atom. The van der Waals surface area contributed by atoms with E-state index in [0.29, 0.717) is 5.70 Å². The topological polar surface area (TPSA) is 75.9 Å². The zero-order chi connectivity index (χ0) is 8.98. The van der Waals surface area contributed by atoms with Gasteiger partial charge in [-0.1, -0.05) is 0 Å². The van der Waals surface area contributed by atoms with Gasteiger partial charge in [0, 0.05) is 5.70 Å². The summed E-state index contributed by atoms with van der Waals surface area (Å²) in [6.45, 7) is 1.71. The second-order valence-corrected chi connectivity index (χ2v) is 3.23. The van der Waals surface area contributed by atoms with Crippen LogP contribution >= 0.6 is 0 Å². The first-order valence-corrected chi connectivity index (χ1v) is 3.61. The number of epoxide rings is 1. The Morgan fingerprint density at radius 1 is 1.75 bits per heavy atom. The maximum absolute atomic E-state index is 10.8. The SMILES string of the molecule is CC12C=C(N)C=CC1(C(=O)O)O2. The van der Waals surface area contributed by atoms with Crippen LogP contribution < -0.4 is 5.73 Å². The molecule has 4 nitrogen and oxygen atoms in total. The van der Waals surface area contributed by atoms with Crippen molar-refractivity contribution in [3.63, 3.8) is 0 Å². The van der Waals surface area contributed by atoms with Gasteiger partial charge in [0.05, 0.1) is 0 Å². The molecule has 0 amide bonds. The average Bonchev–Trinajstić information content (AvgIpc) is 2.55. The van der Waals surface area contributed by atoms with E-state index in [-0.39, 0.29) is 0 Å². The average molecular weight is 167 g/mol. The highest BCUT2D eigenvalue weighted by atomic mass is 16.6. The molecule has 1 fully saturated rings. The van der Waals surface area contributed by atoms with Gasteiger partial charge in [0.1, 0.15) is 5.60 Å². The van der Waals surface area contributed by atoms with Crippen molar-refractivity contribution >= 4 is 5.97 Å². The van der Waals surface area contributed by atoms with Crippen LogP contribution in [0.25, 0.3) is 0 Å². The largest absolute Gasteiger partial charge is 0.479 e. The highest BCUT2D eigenvalue weighted by Gasteiger charge is 2.71. The number of carboxylic acids is 1. The molecule has 2 rings (SSSR count). The van der Waals surface area contributed by atoms with Gasteiger partial charge >= 0.3 is 5.97 Å². The molecule has 2 atom stereocenters. The molecule has 1 aliphatic heterocycles. The number of rotatable bonds is 1. The van der Waals surface area contributed by atoms with Gasteiger partial charge < -0.3 is 15.6 Å². The smallest absolute Gasteiger partial charge is 0.343 e. The van der Waals surface area contributed by atoms with Crippen LogP contribution in [0.2, 0.25) is 0 Å². The van der Waals surface area contributed by atoms with E-state index in [2.05, 4.69) is 0 Å². The van der Waals surface area contributed by atoms with Crippen molar-refractivity contribution in [3.8, 4) is 0 Å². The first-order valence-electron chi connectivity index (χ1n) is 3.61. The minimum absolute atomic E-state index is 0.548. The molecule has 0 bridgehead atoms. The summed E-state index contributed by atoms with van der Waals surface area (Å²) in [6, 6.07) is 0. The second-order valence-electron chi connectivity index (χ2n) is 3.23. The van der Waals surface area contributed by atoms with Gasteiger partial charge in [-0.05, 0) is 25.2 Å². The molecular weight excluding hydrogens is 158 g/mol. The fourth-order valence-corrected chi connectivity index (χ4v) is 1.55. The molecule has 1 heterocycles. The molecule has 0 spiro atoms. The molecule has 0 radical (unpaired) electrons. The van der Waals surface area contributed by atoms with E-state index in [0.717, 1.165) is 0 Å². The fourth-order valence-electron chi connectivity index (χ4n) is 1.55. The summed E-state index contributed by atoms with van der Waals surface area (Å²) >= 11 is 0. The minimum Gasteiger partial charge on any atom is -0.479 e. The quantitative estimate of drug-likeness (QED) is 0.539. The minimum atomic E-state index is -1.16. The number of carboxylic acid groups (broad SMARTS) is 1. The van der Waals surface area contributed by atoms with E-state index in [1.165, 1.54) is 6.08 Å². The molecule has 12 heavy (non-hydrogen) atoms. The molecule has 0 aromatic rings. The number of nitrogens with two attached hydrogens (primary N) is 1. The number of hydrogen-bond acceptors (Lipinski definition) is 3. The number of aliphatic carboxylic acids is 1. The van der Waals surface area contributed by atoms with Crippen LogP contribution in [-0.2, 0) is 9.53 Å². The molecule has 0 aromatic heterocycles. The van der Waals surface area contributed by atoms with Crippen LogP contribution in [-0.4, -0.2) is 22.3 Å². The molecule has 64 valence electrons. The first kappa shape index (κ1) is 7.36. The number of carbonyl (C=O) groups is 1. The standard InChI is InChI=1S/C8H9NO3/c1-7-4-5(9)2-3-8(7,12-7)6(10)11/h2-4H,9H2,1H3,(H,10,11). The van der Waals surface area contributed by atoms with Gasteiger partial charge in [-0.3, -0.25) is 0 Å². The summed E-state index contributed by atoms with van der Waals surface area (Å²) in [5.41, 5.74) is 4.15. The van der Waals surface area contributed by atoms with Gasteiger partial charge in [0.2, 0.25) is 5.60 Å². The van der Waals surface area contributed by atoms with E-state index in [4.69, 9.17) is 15.6 Å². The summed E-state index contributed by atoms with van der Waals surface area (Å²) in [4.78, 5) is 10.8. The Morgan fingerprint density at radius 3 is 2.92 bits per heavy atom. The zero-order valence-electron chi connectivity index (χ0n) is 6.57. The Labute approximate surface area is 69.3 Å². The summed E-state index contributed by atoms with van der Waals surface area (Å²) in [5, 5.41) is 8.84. The third-order valence-corrected chi connectivity index (χ3v) is 2.34. The van der Waals surface area contributed by atoms with Gasteiger partial charge in [0.25, 0.3) is 0 Å². The van der Waals surface area contributed by atoms with Crippen LogP contribution in [0.4, 0.5) is 0 Å². The van der Waals surface area contributed by atoms with Crippen molar-refractivity contribution in [2.75, 3.05) is 0 Å². The van der Waals surface area contributed by atoms with Crippen LogP contribution in [0.5, 0.6) is 0 Å². The third-order valence-electron chi connectivity index (χ3n) is 2.34. The Kier molecular flexibility index (Phi) is 1.05. The summed E-state index contributed by atoms with van der Waals surface area (Å²) in [7, 11) is 0. The maximum Gasteiger partial charge on any atom is 0.343 e. The van der Waals surface area contributed by atoms with E-state index >= 15 is 0 Å². The lowest BCUT2D eigenvalue weighted by Gasteiger charge is -2.09. The second kappa shape index (κ2) is 1.72. The van der Waals surface area contributed by atoms with Gasteiger partial charge in [0.15, 0.2) is 0 Å². The van der Waals surface area contributed by atoms with Crippen LogP contribution in [0.15, 0.2) is 23.9 Å². The third kappa shape index (κ3) is 0.628. The Balaban J connectivity index is 2.41. The normalized spacial score (nSPS) is 43.2. The van der Waals surface area contributed by atoms with Crippen molar-refractivity contribution in [2.45, 2.75) is 18.1 Å². The van der Waals surface area contributed by atoms with Crippen LogP contribution in [0.3, 0.4) is 0 Å². The molecule has 1 aliphatic carbocycles. The first-order chi connectivity index (χ1) is 5.50. The molecule has 3 N–H and O–H groups in total. The monoisotopic (exact) mass is 167 g/mol. The molecule has 2 aliphatic rings. The molecule has 0 saturated carbocycles. The number of fused-ring (bicyclic) bond motifs is 1. The summed E-state index contributed by atoms with van der Waals surface area (Å²) < 4.78 is 5.14. The van der Waals surface area contributed by atoms with Crippen LogP contribution in [0, 0.1) is 0 Å². The van der Waals surface area contributed by atoms with Gasteiger partial charge in [-0.15, -0.1) is 0 Å². The van der Waals surface area contributed by atoms with E-state index in [1.807, 2.05) is 0 Å². The Hall–Kier alpha value is -1.29. The predicted molar refractivity (Wildman–Crippen MR) is 41.3 cm³/mol. The van der Waals surface area contributed by atoms with Crippen molar-refractivity contribution in [2.24, 2.45) is 5.73 Å². The van der Waals surface area contributed by atoms with Gasteiger partial charge in [-0.2, -0.15) is 0 Å². The molecule has 2 unspecified atom stereocenters. The number of allylic oxidation sites excluding steroid dienone is 1. The Bertz CT molecular complexity index is 320. The summed E-state index contributed by atoms with van der Waals surface area (Å²) in [6.07, 6.45) is 4.68.